The monoisotopic (exact) mass is 196 g/mol. The van der Waals surface area contributed by atoms with Gasteiger partial charge in [0, 0.05) is 0 Å². The van der Waals surface area contributed by atoms with E-state index < -0.39 is 37.0 Å². The van der Waals surface area contributed by atoms with Crippen LogP contribution in [0.3, 0.4) is 0 Å². The van der Waals surface area contributed by atoms with Gasteiger partial charge in [0.15, 0.2) is 0 Å². The fourth-order valence-electron chi connectivity index (χ4n) is 1.10. The lowest BCUT2D eigenvalue weighted by molar-refractivity contribution is -0.395. The summed E-state index contributed by atoms with van der Waals surface area (Å²) in [6.07, 6.45) is -6.96. The molecule has 4 atom stereocenters. The number of hydrogen-bond donors (Lipinski definition) is 6. The zero-order valence-electron chi connectivity index (χ0n) is 6.61. The Morgan fingerprint density at radius 3 is 2.15 bits per heavy atom. The average Bonchev–Trinajstić information content (AvgIpc) is 2.09. The molecule has 1 aliphatic heterocycles. The van der Waals surface area contributed by atoms with E-state index in [1.807, 2.05) is 0 Å². The first-order chi connectivity index (χ1) is 5.91. The van der Waals surface area contributed by atoms with Gasteiger partial charge in [-0.1, -0.05) is 0 Å². The van der Waals surface area contributed by atoms with E-state index in [9.17, 15) is 0 Å². The molecule has 1 rings (SSSR count). The first-order valence-corrected chi connectivity index (χ1v) is 3.66. The summed E-state index contributed by atoms with van der Waals surface area (Å²) in [7, 11) is 0. The van der Waals surface area contributed by atoms with Crippen LogP contribution in [0.25, 0.3) is 0 Å². The summed E-state index contributed by atoms with van der Waals surface area (Å²) in [6, 6.07) is 0. The summed E-state index contributed by atoms with van der Waals surface area (Å²) in [5.74, 6) is -2.93. The first-order valence-electron chi connectivity index (χ1n) is 3.66. The van der Waals surface area contributed by atoms with Gasteiger partial charge in [-0.2, -0.15) is 0 Å². The van der Waals surface area contributed by atoms with Crippen molar-refractivity contribution in [2.75, 3.05) is 6.61 Å². The molecule has 78 valence electrons. The summed E-state index contributed by atoms with van der Waals surface area (Å²) in [4.78, 5) is 0. The van der Waals surface area contributed by atoms with Crippen molar-refractivity contribution in [2.45, 2.75) is 30.4 Å². The predicted molar refractivity (Wildman–Crippen MR) is 37.1 cm³/mol. The molecule has 0 bridgehead atoms. The van der Waals surface area contributed by atoms with Gasteiger partial charge in [-0.15, -0.1) is 0 Å². The molecule has 0 radical (unpaired) electrons. The summed E-state index contributed by atoms with van der Waals surface area (Å²) < 4.78 is 4.43. The lowest BCUT2D eigenvalue weighted by Gasteiger charge is -2.42. The molecule has 13 heavy (non-hydrogen) atoms. The number of hydrogen-bond acceptors (Lipinski definition) is 7. The lowest BCUT2D eigenvalue weighted by atomic mass is 9.96. The molecule has 0 aromatic carbocycles. The highest BCUT2D eigenvalue weighted by molar-refractivity contribution is 4.92. The molecule has 1 heterocycles. The fourth-order valence-corrected chi connectivity index (χ4v) is 1.10. The molecule has 1 aliphatic rings. The van der Waals surface area contributed by atoms with E-state index in [1.165, 1.54) is 0 Å². The van der Waals surface area contributed by atoms with Crippen LogP contribution < -0.4 is 0 Å². The topological polar surface area (TPSA) is 131 Å². The van der Waals surface area contributed by atoms with Crippen molar-refractivity contribution in [3.8, 4) is 0 Å². The van der Waals surface area contributed by atoms with Gasteiger partial charge in [0.25, 0.3) is 0 Å². The molecule has 0 unspecified atom stereocenters. The Labute approximate surface area is 73.4 Å². The van der Waals surface area contributed by atoms with Gasteiger partial charge >= 0.3 is 0 Å². The smallest absolute Gasteiger partial charge is 0.245 e. The third kappa shape index (κ3) is 1.67. The molecular weight excluding hydrogens is 184 g/mol. The molecule has 0 aromatic heterocycles. The van der Waals surface area contributed by atoms with Crippen LogP contribution in [0.2, 0.25) is 0 Å². The average molecular weight is 196 g/mol. The van der Waals surface area contributed by atoms with Gasteiger partial charge < -0.3 is 35.4 Å². The van der Waals surface area contributed by atoms with Crippen LogP contribution in [0, 0.1) is 0 Å². The Bertz CT molecular complexity index is 182. The molecule has 7 nitrogen and oxygen atoms in total. The van der Waals surface area contributed by atoms with E-state index in [2.05, 4.69) is 4.74 Å². The summed E-state index contributed by atoms with van der Waals surface area (Å²) in [5.41, 5.74) is 0. The standard InChI is InChI=1S/C6H12O7/c7-1-2-3(8)4(9)6(11,12)5(10)13-2/h2-5,7-12H,1H2/t2-,3+,4+,5-/m1/s1. The van der Waals surface area contributed by atoms with Gasteiger partial charge in [0.05, 0.1) is 6.61 Å². The minimum absolute atomic E-state index is 0.647. The molecule has 0 saturated carbocycles. The van der Waals surface area contributed by atoms with Crippen LogP contribution in [0.5, 0.6) is 0 Å². The van der Waals surface area contributed by atoms with Crippen molar-refractivity contribution >= 4 is 0 Å². The van der Waals surface area contributed by atoms with E-state index in [4.69, 9.17) is 30.6 Å². The van der Waals surface area contributed by atoms with Crippen molar-refractivity contribution < 1.29 is 35.4 Å². The van der Waals surface area contributed by atoms with Crippen molar-refractivity contribution in [3.63, 3.8) is 0 Å². The van der Waals surface area contributed by atoms with Gasteiger partial charge in [-0.25, -0.2) is 0 Å². The molecular formula is C6H12O7. The zero-order valence-corrected chi connectivity index (χ0v) is 6.61. The Kier molecular flexibility index (Phi) is 2.88. The Morgan fingerprint density at radius 1 is 1.15 bits per heavy atom. The lowest BCUT2D eigenvalue weighted by Crippen LogP contribution is -2.66. The van der Waals surface area contributed by atoms with E-state index >= 15 is 0 Å². The number of ether oxygens (including phenoxy) is 1. The predicted octanol–water partition coefficient (Wildman–Crippen LogP) is -3.90. The minimum Gasteiger partial charge on any atom is -0.394 e. The van der Waals surface area contributed by atoms with E-state index in [0.717, 1.165) is 0 Å². The molecule has 0 spiro atoms. The normalized spacial score (nSPS) is 44.8. The summed E-state index contributed by atoms with van der Waals surface area (Å²) in [6.45, 7) is -0.647. The van der Waals surface area contributed by atoms with Crippen LogP contribution >= 0.6 is 0 Å². The summed E-state index contributed by atoms with van der Waals surface area (Å²) in [5, 5.41) is 53.7. The van der Waals surface area contributed by atoms with Gasteiger partial charge in [0.2, 0.25) is 12.1 Å². The second-order valence-corrected chi connectivity index (χ2v) is 2.93. The maximum Gasteiger partial charge on any atom is 0.245 e. The number of rotatable bonds is 1. The van der Waals surface area contributed by atoms with E-state index in [-0.39, 0.29) is 0 Å². The van der Waals surface area contributed by atoms with Crippen LogP contribution in [0.1, 0.15) is 0 Å². The maximum absolute atomic E-state index is 9.12. The maximum atomic E-state index is 9.12. The van der Waals surface area contributed by atoms with Crippen molar-refractivity contribution in [1.82, 2.24) is 0 Å². The van der Waals surface area contributed by atoms with Crippen LogP contribution in [-0.2, 0) is 4.74 Å². The third-order valence-electron chi connectivity index (χ3n) is 1.99. The SMILES string of the molecule is OC[C@H]1O[C@@H](O)C(O)(O)[C@@H](O)[C@H]1O. The van der Waals surface area contributed by atoms with Crippen molar-refractivity contribution in [3.05, 3.63) is 0 Å². The first kappa shape index (κ1) is 10.8. The highest BCUT2D eigenvalue weighted by atomic mass is 16.7. The van der Waals surface area contributed by atoms with Crippen molar-refractivity contribution in [2.24, 2.45) is 0 Å². The highest BCUT2D eigenvalue weighted by Crippen LogP contribution is 2.26. The largest absolute Gasteiger partial charge is 0.394 e. The van der Waals surface area contributed by atoms with E-state index in [1.54, 1.807) is 0 Å². The van der Waals surface area contributed by atoms with Crippen LogP contribution in [0.4, 0.5) is 0 Å². The molecule has 1 fully saturated rings. The number of aliphatic hydroxyl groups is 6. The quantitative estimate of drug-likeness (QED) is 0.236. The zero-order chi connectivity index (χ0) is 10.2. The van der Waals surface area contributed by atoms with Crippen LogP contribution in [-0.4, -0.2) is 67.6 Å². The Morgan fingerprint density at radius 2 is 1.69 bits per heavy atom. The van der Waals surface area contributed by atoms with Crippen LogP contribution in [0.15, 0.2) is 0 Å². The molecule has 0 aliphatic carbocycles. The molecule has 1 saturated heterocycles. The van der Waals surface area contributed by atoms with Gasteiger partial charge in [-0.3, -0.25) is 0 Å². The third-order valence-corrected chi connectivity index (χ3v) is 1.99. The van der Waals surface area contributed by atoms with Gasteiger partial charge in [0.1, 0.15) is 18.3 Å². The molecule has 6 N–H and O–H groups in total. The molecule has 0 amide bonds. The second kappa shape index (κ2) is 3.46. The summed E-state index contributed by atoms with van der Waals surface area (Å²) >= 11 is 0. The Hall–Kier alpha value is -0.280. The molecule has 0 aromatic rings. The fraction of sp³-hybridized carbons (Fsp3) is 1.00. The van der Waals surface area contributed by atoms with Gasteiger partial charge in [-0.05, 0) is 0 Å². The second-order valence-electron chi connectivity index (χ2n) is 2.93. The molecule has 7 heteroatoms. The van der Waals surface area contributed by atoms with Crippen molar-refractivity contribution in [1.29, 1.82) is 0 Å². The highest BCUT2D eigenvalue weighted by Gasteiger charge is 2.53. The van der Waals surface area contributed by atoms with E-state index in [0.29, 0.717) is 0 Å². The Balaban J connectivity index is 2.79. The number of aliphatic hydroxyl groups excluding tert-OH is 4. The minimum atomic E-state index is -2.93.